The van der Waals surface area contributed by atoms with Gasteiger partial charge in [0.15, 0.2) is 6.61 Å². The number of nitrogens with one attached hydrogen (secondary N) is 1. The van der Waals surface area contributed by atoms with Crippen molar-refractivity contribution in [3.63, 3.8) is 0 Å². The van der Waals surface area contributed by atoms with Crippen LogP contribution in [-0.4, -0.2) is 41.4 Å². The second kappa shape index (κ2) is 8.24. The Labute approximate surface area is 158 Å². The fraction of sp³-hybridized carbons (Fsp3) is 0.450. The molecule has 7 heteroatoms. The SMILES string of the molecule is COc1cccc(-n2nc(C)c(CCC(=O)OCC(=O)NC3CC3)c2C)c1. The van der Waals surface area contributed by atoms with E-state index in [0.29, 0.717) is 6.42 Å². The fourth-order valence-electron chi connectivity index (χ4n) is 2.97. The topological polar surface area (TPSA) is 82.5 Å². The Morgan fingerprint density at radius 3 is 2.78 bits per heavy atom. The Balaban J connectivity index is 1.59. The van der Waals surface area contributed by atoms with E-state index in [0.717, 1.165) is 41.2 Å². The van der Waals surface area contributed by atoms with Gasteiger partial charge >= 0.3 is 5.97 Å². The van der Waals surface area contributed by atoms with Crippen molar-refractivity contribution in [2.75, 3.05) is 13.7 Å². The van der Waals surface area contributed by atoms with Gasteiger partial charge in [-0.15, -0.1) is 0 Å². The number of esters is 1. The Hall–Kier alpha value is -2.83. The van der Waals surface area contributed by atoms with E-state index in [4.69, 9.17) is 9.47 Å². The van der Waals surface area contributed by atoms with Crippen LogP contribution in [0.2, 0.25) is 0 Å². The van der Waals surface area contributed by atoms with Crippen LogP contribution in [0.1, 0.15) is 36.2 Å². The van der Waals surface area contributed by atoms with Crippen LogP contribution >= 0.6 is 0 Å². The molecule has 1 amide bonds. The van der Waals surface area contributed by atoms with Gasteiger partial charge in [-0.25, -0.2) is 4.68 Å². The van der Waals surface area contributed by atoms with Crippen LogP contribution in [0, 0.1) is 13.8 Å². The van der Waals surface area contributed by atoms with Crippen LogP contribution in [0.5, 0.6) is 5.75 Å². The lowest BCUT2D eigenvalue weighted by atomic mass is 10.1. The zero-order chi connectivity index (χ0) is 19.4. The van der Waals surface area contributed by atoms with Crippen molar-refractivity contribution in [3.05, 3.63) is 41.2 Å². The van der Waals surface area contributed by atoms with Crippen molar-refractivity contribution in [1.29, 1.82) is 0 Å². The summed E-state index contributed by atoms with van der Waals surface area (Å²) in [6.45, 7) is 3.69. The number of nitrogens with zero attached hydrogens (tertiary/aromatic N) is 2. The highest BCUT2D eigenvalue weighted by Gasteiger charge is 2.23. The second-order valence-electron chi connectivity index (χ2n) is 6.77. The van der Waals surface area contributed by atoms with Gasteiger partial charge in [0.05, 0.1) is 18.5 Å². The summed E-state index contributed by atoms with van der Waals surface area (Å²) in [6, 6.07) is 7.93. The number of amides is 1. The summed E-state index contributed by atoms with van der Waals surface area (Å²) in [5.41, 5.74) is 3.76. The zero-order valence-corrected chi connectivity index (χ0v) is 15.9. The van der Waals surface area contributed by atoms with Gasteiger partial charge in [0.25, 0.3) is 5.91 Å². The highest BCUT2D eigenvalue weighted by molar-refractivity contribution is 5.81. The van der Waals surface area contributed by atoms with Gasteiger partial charge in [0.2, 0.25) is 0 Å². The smallest absolute Gasteiger partial charge is 0.306 e. The minimum atomic E-state index is -0.381. The maximum atomic E-state index is 12.0. The minimum absolute atomic E-state index is 0.211. The Bertz CT molecular complexity index is 840. The number of ether oxygens (including phenoxy) is 2. The van der Waals surface area contributed by atoms with E-state index in [2.05, 4.69) is 10.4 Å². The first-order valence-electron chi connectivity index (χ1n) is 9.12. The van der Waals surface area contributed by atoms with Crippen molar-refractivity contribution < 1.29 is 19.1 Å². The molecular weight excluding hydrogens is 346 g/mol. The van der Waals surface area contributed by atoms with Crippen molar-refractivity contribution in [2.24, 2.45) is 0 Å². The lowest BCUT2D eigenvalue weighted by molar-refractivity contribution is -0.148. The summed E-state index contributed by atoms with van der Waals surface area (Å²) in [4.78, 5) is 23.5. The van der Waals surface area contributed by atoms with Crippen LogP contribution in [0.4, 0.5) is 0 Å². The van der Waals surface area contributed by atoms with Gasteiger partial charge in [0, 0.05) is 24.2 Å². The first kappa shape index (κ1) is 18.9. The number of benzene rings is 1. The van der Waals surface area contributed by atoms with E-state index in [9.17, 15) is 9.59 Å². The molecule has 1 aromatic carbocycles. The molecule has 2 aromatic rings. The third kappa shape index (κ3) is 4.87. The summed E-state index contributed by atoms with van der Waals surface area (Å²) in [6.07, 6.45) is 2.75. The Morgan fingerprint density at radius 1 is 1.30 bits per heavy atom. The Kier molecular flexibility index (Phi) is 5.78. The lowest BCUT2D eigenvalue weighted by Gasteiger charge is -2.08. The molecule has 27 heavy (non-hydrogen) atoms. The van der Waals surface area contributed by atoms with Crippen molar-refractivity contribution in [2.45, 2.75) is 45.6 Å². The summed E-state index contributed by atoms with van der Waals surface area (Å²) in [5, 5.41) is 7.38. The molecule has 1 N–H and O–H groups in total. The number of carbonyl (C=O) groups excluding carboxylic acids is 2. The van der Waals surface area contributed by atoms with E-state index < -0.39 is 0 Å². The van der Waals surface area contributed by atoms with Crippen LogP contribution in [0.15, 0.2) is 24.3 Å². The van der Waals surface area contributed by atoms with Gasteiger partial charge in [-0.1, -0.05) is 6.07 Å². The molecule has 1 heterocycles. The molecule has 7 nitrogen and oxygen atoms in total. The number of aryl methyl sites for hydroxylation is 1. The van der Waals surface area contributed by atoms with E-state index in [-0.39, 0.29) is 30.9 Å². The first-order valence-corrected chi connectivity index (χ1v) is 9.12. The lowest BCUT2D eigenvalue weighted by Crippen LogP contribution is -2.30. The summed E-state index contributed by atoms with van der Waals surface area (Å²) in [5.74, 6) is 0.146. The van der Waals surface area contributed by atoms with Gasteiger partial charge in [0.1, 0.15) is 5.75 Å². The highest BCUT2D eigenvalue weighted by Crippen LogP contribution is 2.22. The monoisotopic (exact) mass is 371 g/mol. The van der Waals surface area contributed by atoms with Crippen molar-refractivity contribution in [1.82, 2.24) is 15.1 Å². The molecule has 0 bridgehead atoms. The van der Waals surface area contributed by atoms with E-state index in [1.165, 1.54) is 0 Å². The third-order valence-electron chi connectivity index (χ3n) is 4.62. The maximum Gasteiger partial charge on any atom is 0.306 e. The molecule has 1 fully saturated rings. The average Bonchev–Trinajstić information content (AvgIpc) is 3.43. The molecule has 0 radical (unpaired) electrons. The minimum Gasteiger partial charge on any atom is -0.497 e. The number of carbonyl (C=O) groups is 2. The molecule has 1 saturated carbocycles. The predicted molar refractivity (Wildman–Crippen MR) is 100 cm³/mol. The number of methoxy groups -OCH3 is 1. The molecular formula is C20H25N3O4. The van der Waals surface area contributed by atoms with Crippen LogP contribution < -0.4 is 10.1 Å². The van der Waals surface area contributed by atoms with E-state index in [1.807, 2.05) is 42.8 Å². The highest BCUT2D eigenvalue weighted by atomic mass is 16.5. The summed E-state index contributed by atoms with van der Waals surface area (Å²) in [7, 11) is 1.63. The molecule has 1 aromatic heterocycles. The normalized spacial score (nSPS) is 13.3. The van der Waals surface area contributed by atoms with Gasteiger partial charge in [-0.3, -0.25) is 9.59 Å². The number of rotatable bonds is 8. The number of aromatic nitrogens is 2. The Morgan fingerprint density at radius 2 is 2.07 bits per heavy atom. The standard InChI is InChI=1S/C20H25N3O4/c1-13-18(9-10-20(25)27-12-19(24)21-15-7-8-15)14(2)23(22-13)16-5-4-6-17(11-16)26-3/h4-6,11,15H,7-10,12H2,1-3H3,(H,21,24). The first-order chi connectivity index (χ1) is 13.0. The molecule has 1 aliphatic carbocycles. The maximum absolute atomic E-state index is 12.0. The predicted octanol–water partition coefficient (Wildman–Crippen LogP) is 2.25. The van der Waals surface area contributed by atoms with Gasteiger partial charge in [-0.2, -0.15) is 5.10 Å². The largest absolute Gasteiger partial charge is 0.497 e. The third-order valence-corrected chi connectivity index (χ3v) is 4.62. The van der Waals surface area contributed by atoms with Crippen LogP contribution in [-0.2, 0) is 20.7 Å². The molecule has 0 spiro atoms. The van der Waals surface area contributed by atoms with Crippen molar-refractivity contribution >= 4 is 11.9 Å². The average molecular weight is 371 g/mol. The molecule has 3 rings (SSSR count). The fourth-order valence-corrected chi connectivity index (χ4v) is 2.97. The number of hydrogen-bond acceptors (Lipinski definition) is 5. The van der Waals surface area contributed by atoms with E-state index >= 15 is 0 Å². The van der Waals surface area contributed by atoms with Gasteiger partial charge in [-0.05, 0) is 50.8 Å². The zero-order valence-electron chi connectivity index (χ0n) is 15.9. The molecule has 0 aliphatic heterocycles. The van der Waals surface area contributed by atoms with Crippen molar-refractivity contribution in [3.8, 4) is 11.4 Å². The summed E-state index contributed by atoms with van der Waals surface area (Å²) < 4.78 is 12.2. The number of hydrogen-bond donors (Lipinski definition) is 1. The molecule has 1 aliphatic rings. The van der Waals surface area contributed by atoms with Gasteiger partial charge < -0.3 is 14.8 Å². The summed E-state index contributed by atoms with van der Waals surface area (Å²) >= 11 is 0. The molecule has 144 valence electrons. The quantitative estimate of drug-likeness (QED) is 0.720. The molecule has 0 saturated heterocycles. The van der Waals surface area contributed by atoms with E-state index in [1.54, 1.807) is 7.11 Å². The van der Waals surface area contributed by atoms with Crippen LogP contribution in [0.25, 0.3) is 5.69 Å². The van der Waals surface area contributed by atoms with Crippen LogP contribution in [0.3, 0.4) is 0 Å². The second-order valence-corrected chi connectivity index (χ2v) is 6.77. The molecule has 0 unspecified atom stereocenters. The molecule has 0 atom stereocenters.